The van der Waals surface area contributed by atoms with Gasteiger partial charge in [0.25, 0.3) is 0 Å². The molecule has 0 radical (unpaired) electrons. The molecule has 0 spiro atoms. The second-order valence-electron chi connectivity index (χ2n) is 32.1. The number of aryl methyl sites for hydroxylation is 3. The van der Waals surface area contributed by atoms with Crippen molar-refractivity contribution in [1.29, 1.82) is 0 Å². The predicted molar refractivity (Wildman–Crippen MR) is 490 cm³/mol. The average molecular weight is 1490 g/mol. The molecule has 6 rings (SSSR count). The normalized spacial score (nSPS) is 12.0. The summed E-state index contributed by atoms with van der Waals surface area (Å²) in [6.45, 7) is 57.9. The number of halogens is 1. The lowest BCUT2D eigenvalue weighted by atomic mass is 9.36. The van der Waals surface area contributed by atoms with Crippen LogP contribution in [0.5, 0.6) is 0 Å². The van der Waals surface area contributed by atoms with Crippen LogP contribution in [-0.2, 0) is 19.3 Å². The van der Waals surface area contributed by atoms with Crippen molar-refractivity contribution in [3.05, 3.63) is 161 Å². The topological polar surface area (TPSA) is 0 Å². The number of hydrogen-bond acceptors (Lipinski definition) is 0. The van der Waals surface area contributed by atoms with Crippen molar-refractivity contribution < 1.29 is 13.4 Å². The van der Waals surface area contributed by atoms with E-state index in [9.17, 15) is 0 Å². The monoisotopic (exact) mass is 1490 g/mol. The second kappa shape index (κ2) is 64.0. The van der Waals surface area contributed by atoms with Crippen LogP contribution in [0.2, 0.25) is 19.5 Å². The molecule has 6 aromatic rings. The van der Waals surface area contributed by atoms with Crippen LogP contribution in [0, 0.1) is 0 Å². The van der Waals surface area contributed by atoms with Gasteiger partial charge in [-0.05, 0) is 121 Å². The van der Waals surface area contributed by atoms with Gasteiger partial charge in [0.15, 0.2) is 0 Å². The molecule has 0 saturated carbocycles. The first-order valence-electron chi connectivity index (χ1n) is 45.6. The third-order valence-corrected chi connectivity index (χ3v) is 23.9. The van der Waals surface area contributed by atoms with Gasteiger partial charge in [-0.25, -0.2) is 27.3 Å². The largest absolute Gasteiger partial charge is 0.324 e. The highest BCUT2D eigenvalue weighted by molar-refractivity contribution is 9.10. The van der Waals surface area contributed by atoms with Crippen molar-refractivity contribution in [2.75, 3.05) is 78.5 Å². The van der Waals surface area contributed by atoms with Crippen LogP contribution in [0.15, 0.2) is 144 Å². The van der Waals surface area contributed by atoms with Crippen LogP contribution in [0.3, 0.4) is 0 Å². The van der Waals surface area contributed by atoms with Crippen molar-refractivity contribution in [3.63, 3.8) is 0 Å². The van der Waals surface area contributed by atoms with E-state index in [1.807, 2.05) is 0 Å². The third kappa shape index (κ3) is 40.5. The van der Waals surface area contributed by atoms with E-state index in [1.54, 1.807) is 27.5 Å². The molecule has 2 unspecified atom stereocenters. The molecule has 0 heterocycles. The van der Waals surface area contributed by atoms with Gasteiger partial charge in [0, 0.05) is 17.9 Å². The highest BCUT2D eigenvalue weighted by Crippen LogP contribution is 2.22. The van der Waals surface area contributed by atoms with Gasteiger partial charge < -0.3 is 13.4 Å². The van der Waals surface area contributed by atoms with Gasteiger partial charge in [0.05, 0.1) is 78.5 Å². The average Bonchev–Trinajstić information content (AvgIpc) is 0.798. The molecule has 0 aliphatic heterocycles. The lowest BCUT2D eigenvalue weighted by Gasteiger charge is -2.39. The standard InChI is InChI=1S/C22H32B.C20H22B.3C16H36N.C7H9BBr/c1-5-9-15-23(21-13-11-10-12-14-21)22-19(7-3)16-18(6-2)17-20(22)8-4;1-2-3-16-21(18-12-5-4-6-13-18)20-15-9-11-17-10-7-8-14-19(17)20;3*1-5-9-13-17(14-10-6-2,15-11-7-3)16-12-8-4;1-8-6-3-2-4-7(9)5-6/h10-14,16-17,23H,5-9,15H2,1-4H3;4-15,21H,2-3,16H2,1H3;3*5-16H2,1-4H3;2-5H,8H2,1H3/q2*-1;3*+1;-1. The van der Waals surface area contributed by atoms with Gasteiger partial charge in [-0.3, -0.25) is 0 Å². The Hall–Kier alpha value is -3.87. The van der Waals surface area contributed by atoms with Crippen molar-refractivity contribution in [1.82, 2.24) is 0 Å². The van der Waals surface area contributed by atoms with E-state index in [0.29, 0.717) is 0 Å². The molecular weight excluding hydrogens is 1320 g/mol. The molecule has 0 aliphatic rings. The van der Waals surface area contributed by atoms with Crippen molar-refractivity contribution in [3.8, 4) is 0 Å². The molecule has 0 fully saturated rings. The van der Waals surface area contributed by atoms with Crippen molar-refractivity contribution in [2.24, 2.45) is 0 Å². The summed E-state index contributed by atoms with van der Waals surface area (Å²) < 4.78 is 5.46. The molecule has 3 nitrogen and oxygen atoms in total. The molecule has 104 heavy (non-hydrogen) atoms. The Balaban J connectivity index is 0.000000634. The van der Waals surface area contributed by atoms with Gasteiger partial charge in [-0.15, -0.1) is 0 Å². The Morgan fingerprint density at radius 2 is 0.596 bits per heavy atom. The minimum absolute atomic E-state index is 0.147. The van der Waals surface area contributed by atoms with Crippen LogP contribution in [0.4, 0.5) is 0 Å². The summed E-state index contributed by atoms with van der Waals surface area (Å²) in [6, 6.07) is 51.4. The van der Waals surface area contributed by atoms with Gasteiger partial charge >= 0.3 is 0 Å². The fraction of sp³-hybridized carbons (Fsp3) is 0.649. The number of nitrogens with zero attached hydrogens (tertiary/aromatic N) is 3. The molecule has 0 saturated heterocycles. The lowest BCUT2D eigenvalue weighted by Crippen LogP contribution is -2.50. The molecule has 0 aliphatic carbocycles. The third-order valence-electron chi connectivity index (χ3n) is 23.4. The molecule has 590 valence electrons. The Morgan fingerprint density at radius 3 is 0.894 bits per heavy atom. The summed E-state index contributed by atoms with van der Waals surface area (Å²) in [6.07, 6.45) is 44.4. The number of unbranched alkanes of at least 4 members (excludes halogenated alkanes) is 14. The summed E-state index contributed by atoms with van der Waals surface area (Å²) >= 11 is 3.42. The Morgan fingerprint density at radius 1 is 0.298 bits per heavy atom. The number of fused-ring (bicyclic) bond motifs is 1. The zero-order valence-corrected chi connectivity index (χ0v) is 74.3. The zero-order chi connectivity index (χ0) is 76.8. The summed E-state index contributed by atoms with van der Waals surface area (Å²) in [5, 5.41) is 2.79. The first-order chi connectivity index (χ1) is 50.7. The quantitative estimate of drug-likeness (QED) is 0.0264. The van der Waals surface area contributed by atoms with Crippen LogP contribution in [-0.4, -0.2) is 113 Å². The fourth-order valence-corrected chi connectivity index (χ4v) is 17.0. The van der Waals surface area contributed by atoms with Gasteiger partial charge in [-0.1, -0.05) is 386 Å². The van der Waals surface area contributed by atoms with Crippen LogP contribution in [0.1, 0.15) is 314 Å². The fourth-order valence-electron chi connectivity index (χ4n) is 16.5. The molecule has 6 aromatic carbocycles. The van der Waals surface area contributed by atoms with Gasteiger partial charge in [0.1, 0.15) is 0 Å². The predicted octanol–water partition coefficient (Wildman–Crippen LogP) is 24.8. The minimum Gasteiger partial charge on any atom is -0.324 e. The Labute approximate surface area is 659 Å². The zero-order valence-electron chi connectivity index (χ0n) is 72.7. The molecule has 0 N–H and O–H groups in total. The second-order valence-corrected chi connectivity index (χ2v) is 33.0. The van der Waals surface area contributed by atoms with Crippen LogP contribution < -0.4 is 27.3 Å². The summed E-state index contributed by atoms with van der Waals surface area (Å²) in [7, 11) is 0.147. The van der Waals surface area contributed by atoms with Crippen molar-refractivity contribution >= 4 is 74.7 Å². The number of hydrogen-bond donors (Lipinski definition) is 0. The molecule has 2 atom stereocenters. The van der Waals surface area contributed by atoms with E-state index in [4.69, 9.17) is 0 Å². The van der Waals surface area contributed by atoms with E-state index in [2.05, 4.69) is 280 Å². The molecule has 0 bridgehead atoms. The summed E-state index contributed by atoms with van der Waals surface area (Å²) in [5.41, 5.74) is 12.5. The highest BCUT2D eigenvalue weighted by atomic mass is 79.9. The summed E-state index contributed by atoms with van der Waals surface area (Å²) in [5.74, 6) is 0. The first-order valence-corrected chi connectivity index (χ1v) is 46.4. The van der Waals surface area contributed by atoms with Crippen LogP contribution in [0.25, 0.3) is 10.8 Å². The Kier molecular flexibility index (Phi) is 60.4. The number of benzene rings is 6. The van der Waals surface area contributed by atoms with E-state index in [-0.39, 0.29) is 7.28 Å². The lowest BCUT2D eigenvalue weighted by molar-refractivity contribution is -0.929. The first kappa shape index (κ1) is 98.1. The molecule has 0 amide bonds. The smallest absolute Gasteiger partial charge is 0.0786 e. The van der Waals surface area contributed by atoms with Gasteiger partial charge in [-0.2, -0.15) is 19.5 Å². The highest BCUT2D eigenvalue weighted by Gasteiger charge is 2.27. The number of rotatable bonds is 50. The SMILES string of the molecule is CCCC[BH-](c1ccccc1)c1c(CC)cc(CC)cc1CC.CCCC[BH-](c1ccccc1)c1cccc2ccccc12.CCCC[N+](CCCC)(CCCC)CCCC.CCCC[N+](CCCC)(CCCC)CCCC.CCCC[N+](CCCC)(CCCC)CCCC.C[BH2-]c1cccc(Br)c1. The maximum Gasteiger partial charge on any atom is 0.0786 e. The minimum atomic E-state index is -0.472. The van der Waals surface area contributed by atoms with E-state index in [0.717, 1.165) is 19.3 Å². The Bertz CT molecular complexity index is 2660. The van der Waals surface area contributed by atoms with Crippen LogP contribution >= 0.6 is 15.9 Å². The molecular formula is C97H171B3BrN3. The summed E-state index contributed by atoms with van der Waals surface area (Å²) in [4.78, 5) is 0. The molecule has 0 aromatic heterocycles. The maximum atomic E-state index is 3.42. The van der Waals surface area contributed by atoms with Crippen molar-refractivity contribution in [2.45, 2.75) is 336 Å². The molecule has 7 heteroatoms. The van der Waals surface area contributed by atoms with E-state index >= 15 is 0 Å². The van der Waals surface area contributed by atoms with E-state index in [1.165, 1.54) is 316 Å². The van der Waals surface area contributed by atoms with E-state index < -0.39 is 13.4 Å². The van der Waals surface area contributed by atoms with Gasteiger partial charge in [0.2, 0.25) is 0 Å². The maximum absolute atomic E-state index is 3.42. The number of quaternary nitrogens is 3.